The fourth-order valence-corrected chi connectivity index (χ4v) is 3.52. The molecule has 0 amide bonds. The van der Waals surface area contributed by atoms with Gasteiger partial charge in [0.05, 0.1) is 12.2 Å². The van der Waals surface area contributed by atoms with E-state index in [-0.39, 0.29) is 0 Å². The van der Waals surface area contributed by atoms with E-state index in [1.54, 1.807) is 0 Å². The van der Waals surface area contributed by atoms with Crippen LogP contribution in [-0.2, 0) is 4.74 Å². The van der Waals surface area contributed by atoms with E-state index < -0.39 is 0 Å². The van der Waals surface area contributed by atoms with Crippen LogP contribution in [0.5, 0.6) is 0 Å². The molecule has 2 aliphatic carbocycles. The second-order valence-electron chi connectivity index (χ2n) is 7.55. The van der Waals surface area contributed by atoms with Crippen molar-refractivity contribution in [3.63, 3.8) is 0 Å². The van der Waals surface area contributed by atoms with Crippen LogP contribution in [0.15, 0.2) is 0 Å². The first-order valence-corrected chi connectivity index (χ1v) is 8.44. The molecule has 2 fully saturated rings. The van der Waals surface area contributed by atoms with Gasteiger partial charge in [-0.25, -0.2) is 0 Å². The first-order valence-electron chi connectivity index (χ1n) is 8.44. The van der Waals surface area contributed by atoms with E-state index in [2.05, 4.69) is 26.1 Å². The summed E-state index contributed by atoms with van der Waals surface area (Å²) in [5.74, 6) is 0. The molecule has 112 valence electrons. The standard InChI is InChI=1S/C17H33NO/c1-14(13-18-15-7-5-4-6-8-15)19-16-9-11-17(2,3)12-10-16/h14-16,18H,4-13H2,1-3H3. The van der Waals surface area contributed by atoms with E-state index >= 15 is 0 Å². The average molecular weight is 267 g/mol. The maximum Gasteiger partial charge on any atom is 0.0675 e. The van der Waals surface area contributed by atoms with Gasteiger partial charge in [0.25, 0.3) is 0 Å². The van der Waals surface area contributed by atoms with E-state index in [9.17, 15) is 0 Å². The molecule has 0 spiro atoms. The van der Waals surface area contributed by atoms with Gasteiger partial charge in [-0.1, -0.05) is 33.1 Å². The topological polar surface area (TPSA) is 21.3 Å². The molecule has 0 saturated heterocycles. The van der Waals surface area contributed by atoms with Crippen molar-refractivity contribution >= 4 is 0 Å². The molecule has 19 heavy (non-hydrogen) atoms. The van der Waals surface area contributed by atoms with Crippen LogP contribution in [0.3, 0.4) is 0 Å². The molecule has 2 saturated carbocycles. The minimum absolute atomic E-state index is 0.369. The Balaban J connectivity index is 1.60. The average Bonchev–Trinajstić information content (AvgIpc) is 2.40. The summed E-state index contributed by atoms with van der Waals surface area (Å²) in [5, 5.41) is 3.70. The number of hydrogen-bond donors (Lipinski definition) is 1. The third-order valence-electron chi connectivity index (χ3n) is 5.01. The van der Waals surface area contributed by atoms with Gasteiger partial charge in [-0.05, 0) is 50.9 Å². The molecule has 0 aliphatic heterocycles. The van der Waals surface area contributed by atoms with E-state index in [1.807, 2.05) is 0 Å². The monoisotopic (exact) mass is 267 g/mol. The van der Waals surface area contributed by atoms with E-state index in [0.717, 1.165) is 12.6 Å². The van der Waals surface area contributed by atoms with Crippen molar-refractivity contribution in [2.24, 2.45) is 5.41 Å². The maximum atomic E-state index is 6.21. The third-order valence-corrected chi connectivity index (χ3v) is 5.01. The lowest BCUT2D eigenvalue weighted by Gasteiger charge is -2.35. The van der Waals surface area contributed by atoms with Gasteiger partial charge < -0.3 is 10.1 Å². The normalized spacial score (nSPS) is 27.3. The number of ether oxygens (including phenoxy) is 1. The van der Waals surface area contributed by atoms with Gasteiger partial charge >= 0.3 is 0 Å². The van der Waals surface area contributed by atoms with E-state index in [4.69, 9.17) is 4.74 Å². The molecule has 1 N–H and O–H groups in total. The number of nitrogens with one attached hydrogen (secondary N) is 1. The lowest BCUT2D eigenvalue weighted by atomic mass is 9.76. The van der Waals surface area contributed by atoms with Crippen molar-refractivity contribution in [3.8, 4) is 0 Å². The molecule has 1 unspecified atom stereocenters. The lowest BCUT2D eigenvalue weighted by Crippen LogP contribution is -2.39. The predicted molar refractivity (Wildman–Crippen MR) is 81.5 cm³/mol. The van der Waals surface area contributed by atoms with Crippen molar-refractivity contribution in [1.82, 2.24) is 5.32 Å². The molecule has 1 atom stereocenters. The molecule has 0 aromatic carbocycles. The first-order chi connectivity index (χ1) is 9.05. The van der Waals surface area contributed by atoms with Crippen LogP contribution in [-0.4, -0.2) is 24.8 Å². The Morgan fingerprint density at radius 1 is 1.05 bits per heavy atom. The quantitative estimate of drug-likeness (QED) is 0.802. The van der Waals surface area contributed by atoms with Gasteiger partial charge in [-0.2, -0.15) is 0 Å². The molecule has 0 radical (unpaired) electrons. The Bertz CT molecular complexity index is 248. The zero-order chi connectivity index (χ0) is 13.7. The van der Waals surface area contributed by atoms with Crippen molar-refractivity contribution < 1.29 is 4.74 Å². The predicted octanol–water partition coefficient (Wildman–Crippen LogP) is 4.28. The van der Waals surface area contributed by atoms with Gasteiger partial charge in [0.2, 0.25) is 0 Å². The molecule has 0 heterocycles. The van der Waals surface area contributed by atoms with Crippen LogP contribution in [0.1, 0.15) is 78.6 Å². The lowest BCUT2D eigenvalue weighted by molar-refractivity contribution is -0.0375. The Morgan fingerprint density at radius 2 is 1.68 bits per heavy atom. The highest BCUT2D eigenvalue weighted by atomic mass is 16.5. The van der Waals surface area contributed by atoms with Crippen LogP contribution in [0.4, 0.5) is 0 Å². The highest BCUT2D eigenvalue weighted by Crippen LogP contribution is 2.36. The molecule has 0 aromatic heterocycles. The van der Waals surface area contributed by atoms with Gasteiger partial charge in [-0.15, -0.1) is 0 Å². The minimum Gasteiger partial charge on any atom is -0.374 e. The fraction of sp³-hybridized carbons (Fsp3) is 1.00. The summed E-state index contributed by atoms with van der Waals surface area (Å²) >= 11 is 0. The fourth-order valence-electron chi connectivity index (χ4n) is 3.52. The van der Waals surface area contributed by atoms with Crippen molar-refractivity contribution in [2.75, 3.05) is 6.54 Å². The van der Waals surface area contributed by atoms with Crippen LogP contribution < -0.4 is 5.32 Å². The summed E-state index contributed by atoms with van der Waals surface area (Å²) in [7, 11) is 0. The zero-order valence-electron chi connectivity index (χ0n) is 13.2. The molecule has 2 heteroatoms. The van der Waals surface area contributed by atoms with E-state index in [1.165, 1.54) is 57.8 Å². The highest BCUT2D eigenvalue weighted by Gasteiger charge is 2.28. The SMILES string of the molecule is CC(CNC1CCCCC1)OC1CCC(C)(C)CC1. The van der Waals surface area contributed by atoms with Crippen molar-refractivity contribution in [1.29, 1.82) is 0 Å². The van der Waals surface area contributed by atoms with Crippen LogP contribution >= 0.6 is 0 Å². The number of rotatable bonds is 5. The highest BCUT2D eigenvalue weighted by molar-refractivity contribution is 4.80. The maximum absolute atomic E-state index is 6.21. The molecule has 0 bridgehead atoms. The third kappa shape index (κ3) is 5.43. The molecular weight excluding hydrogens is 234 g/mol. The largest absolute Gasteiger partial charge is 0.374 e. The summed E-state index contributed by atoms with van der Waals surface area (Å²) in [5.41, 5.74) is 0.545. The van der Waals surface area contributed by atoms with Gasteiger partial charge in [0.1, 0.15) is 0 Å². The smallest absolute Gasteiger partial charge is 0.0675 e. The molecule has 0 aromatic rings. The Kier molecular flexibility index (Phi) is 5.70. The van der Waals surface area contributed by atoms with Crippen LogP contribution in [0, 0.1) is 5.41 Å². The Morgan fingerprint density at radius 3 is 2.32 bits per heavy atom. The molecular formula is C17H33NO. The first kappa shape index (κ1) is 15.3. The summed E-state index contributed by atoms with van der Waals surface area (Å²) in [6.45, 7) is 8.04. The van der Waals surface area contributed by atoms with Gasteiger partial charge in [0, 0.05) is 12.6 Å². The zero-order valence-corrected chi connectivity index (χ0v) is 13.2. The van der Waals surface area contributed by atoms with Crippen molar-refractivity contribution in [2.45, 2.75) is 96.8 Å². The van der Waals surface area contributed by atoms with Crippen molar-refractivity contribution in [3.05, 3.63) is 0 Å². The summed E-state index contributed by atoms with van der Waals surface area (Å²) in [6, 6.07) is 0.755. The summed E-state index contributed by atoms with van der Waals surface area (Å²) in [6.07, 6.45) is 13.0. The van der Waals surface area contributed by atoms with Crippen LogP contribution in [0.25, 0.3) is 0 Å². The van der Waals surface area contributed by atoms with Gasteiger partial charge in [-0.3, -0.25) is 0 Å². The molecule has 2 rings (SSSR count). The number of hydrogen-bond acceptors (Lipinski definition) is 2. The molecule has 2 aliphatic rings. The minimum atomic E-state index is 0.369. The Hall–Kier alpha value is -0.0800. The second-order valence-corrected chi connectivity index (χ2v) is 7.55. The van der Waals surface area contributed by atoms with Gasteiger partial charge in [0.15, 0.2) is 0 Å². The molecule has 2 nitrogen and oxygen atoms in total. The summed E-state index contributed by atoms with van der Waals surface area (Å²) < 4.78 is 6.21. The Labute approximate surface area is 119 Å². The van der Waals surface area contributed by atoms with Crippen LogP contribution in [0.2, 0.25) is 0 Å². The van der Waals surface area contributed by atoms with E-state index in [0.29, 0.717) is 17.6 Å². The summed E-state index contributed by atoms with van der Waals surface area (Å²) in [4.78, 5) is 0. The second kappa shape index (κ2) is 7.08.